The SMILES string of the molecule is CC(CCl)(NC(=O)c1ccc(O)cc1O)c1ccccc1. The molecule has 2 aromatic carbocycles. The Kier molecular flexibility index (Phi) is 4.38. The number of halogens is 1. The highest BCUT2D eigenvalue weighted by Crippen LogP contribution is 2.26. The second-order valence-corrected chi connectivity index (χ2v) is 5.25. The normalized spacial score (nSPS) is 13.4. The molecule has 21 heavy (non-hydrogen) atoms. The molecule has 0 saturated carbocycles. The number of carbonyl (C=O) groups is 1. The number of nitrogens with one attached hydrogen (secondary N) is 1. The molecule has 0 bridgehead atoms. The Bertz CT molecular complexity index is 645. The molecule has 2 aromatic rings. The van der Waals surface area contributed by atoms with Crippen molar-refractivity contribution >= 4 is 17.5 Å². The molecule has 0 spiro atoms. The Morgan fingerprint density at radius 2 is 1.86 bits per heavy atom. The predicted octanol–water partition coefficient (Wildman–Crippen LogP) is 2.98. The van der Waals surface area contributed by atoms with Crippen LogP contribution in [0, 0.1) is 0 Å². The van der Waals surface area contributed by atoms with Crippen molar-refractivity contribution in [1.29, 1.82) is 0 Å². The molecule has 0 radical (unpaired) electrons. The number of phenols is 2. The van der Waals surface area contributed by atoms with Crippen molar-refractivity contribution in [2.45, 2.75) is 12.5 Å². The van der Waals surface area contributed by atoms with Crippen LogP contribution in [-0.4, -0.2) is 22.0 Å². The summed E-state index contributed by atoms with van der Waals surface area (Å²) in [5.74, 6) is -0.661. The average Bonchev–Trinajstić information content (AvgIpc) is 2.47. The standard InChI is InChI=1S/C16H16ClNO3/c1-16(10-17,11-5-3-2-4-6-11)18-15(21)13-8-7-12(19)9-14(13)20/h2-9,19-20H,10H2,1H3,(H,18,21). The highest BCUT2D eigenvalue weighted by atomic mass is 35.5. The average molecular weight is 306 g/mol. The molecule has 0 aliphatic heterocycles. The van der Waals surface area contributed by atoms with Crippen LogP contribution in [0.4, 0.5) is 0 Å². The first-order valence-corrected chi connectivity index (χ1v) is 6.96. The predicted molar refractivity (Wildman–Crippen MR) is 81.8 cm³/mol. The molecule has 1 atom stereocenters. The number of amides is 1. The van der Waals surface area contributed by atoms with Crippen molar-refractivity contribution in [3.05, 3.63) is 59.7 Å². The molecule has 4 nitrogen and oxygen atoms in total. The summed E-state index contributed by atoms with van der Waals surface area (Å²) in [5.41, 5.74) is 0.191. The van der Waals surface area contributed by atoms with Gasteiger partial charge in [0.05, 0.1) is 11.1 Å². The molecule has 0 saturated heterocycles. The van der Waals surface area contributed by atoms with Gasteiger partial charge in [0.2, 0.25) is 0 Å². The van der Waals surface area contributed by atoms with Crippen molar-refractivity contribution in [2.24, 2.45) is 0 Å². The van der Waals surface area contributed by atoms with Gasteiger partial charge in [-0.2, -0.15) is 0 Å². The number of phenolic OH excluding ortho intramolecular Hbond substituents is 2. The van der Waals surface area contributed by atoms with Crippen LogP contribution >= 0.6 is 11.6 Å². The molecule has 0 aliphatic carbocycles. The highest BCUT2D eigenvalue weighted by Gasteiger charge is 2.28. The van der Waals surface area contributed by atoms with Crippen LogP contribution in [0.2, 0.25) is 0 Å². The van der Waals surface area contributed by atoms with E-state index in [1.54, 1.807) is 0 Å². The van der Waals surface area contributed by atoms with E-state index in [0.717, 1.165) is 11.6 Å². The van der Waals surface area contributed by atoms with Crippen molar-refractivity contribution in [3.8, 4) is 11.5 Å². The summed E-state index contributed by atoms with van der Waals surface area (Å²) < 4.78 is 0. The Hall–Kier alpha value is -2.20. The second-order valence-electron chi connectivity index (χ2n) is 4.99. The zero-order chi connectivity index (χ0) is 15.5. The zero-order valence-corrected chi connectivity index (χ0v) is 12.3. The third-order valence-corrected chi connectivity index (χ3v) is 3.83. The van der Waals surface area contributed by atoms with E-state index in [0.29, 0.717) is 0 Å². The van der Waals surface area contributed by atoms with E-state index in [-0.39, 0.29) is 22.9 Å². The number of benzene rings is 2. The van der Waals surface area contributed by atoms with Gasteiger partial charge in [-0.1, -0.05) is 30.3 Å². The van der Waals surface area contributed by atoms with Gasteiger partial charge >= 0.3 is 0 Å². The lowest BCUT2D eigenvalue weighted by Crippen LogP contribution is -2.45. The summed E-state index contributed by atoms with van der Waals surface area (Å²) >= 11 is 6.02. The van der Waals surface area contributed by atoms with Crippen molar-refractivity contribution < 1.29 is 15.0 Å². The lowest BCUT2D eigenvalue weighted by Gasteiger charge is -2.29. The third-order valence-electron chi connectivity index (χ3n) is 3.29. The molecule has 0 aliphatic rings. The van der Waals surface area contributed by atoms with Crippen molar-refractivity contribution in [2.75, 3.05) is 5.88 Å². The van der Waals surface area contributed by atoms with E-state index in [4.69, 9.17) is 11.6 Å². The van der Waals surface area contributed by atoms with Crippen LogP contribution in [0.1, 0.15) is 22.8 Å². The molecule has 5 heteroatoms. The van der Waals surface area contributed by atoms with Crippen molar-refractivity contribution in [1.82, 2.24) is 5.32 Å². The molecular formula is C16H16ClNO3. The fraction of sp³-hybridized carbons (Fsp3) is 0.188. The van der Waals surface area contributed by atoms with Crippen LogP contribution in [0.15, 0.2) is 48.5 Å². The molecule has 2 rings (SSSR count). The van der Waals surface area contributed by atoms with E-state index >= 15 is 0 Å². The van der Waals surface area contributed by atoms with E-state index in [2.05, 4.69) is 5.32 Å². The Morgan fingerprint density at radius 1 is 1.19 bits per heavy atom. The number of hydrogen-bond acceptors (Lipinski definition) is 3. The van der Waals surface area contributed by atoms with E-state index in [1.807, 2.05) is 37.3 Å². The van der Waals surface area contributed by atoms with Gasteiger partial charge in [-0.25, -0.2) is 0 Å². The van der Waals surface area contributed by atoms with Crippen LogP contribution in [0.5, 0.6) is 11.5 Å². The van der Waals surface area contributed by atoms with E-state index in [9.17, 15) is 15.0 Å². The molecule has 110 valence electrons. The minimum Gasteiger partial charge on any atom is -0.508 e. The number of carbonyl (C=O) groups excluding carboxylic acids is 1. The van der Waals surface area contributed by atoms with Gasteiger partial charge in [-0.15, -0.1) is 11.6 Å². The summed E-state index contributed by atoms with van der Waals surface area (Å²) in [6.07, 6.45) is 0. The Balaban J connectivity index is 2.28. The van der Waals surface area contributed by atoms with Crippen LogP contribution in [0.3, 0.4) is 0 Å². The maximum absolute atomic E-state index is 12.3. The first-order chi connectivity index (χ1) is 9.96. The summed E-state index contributed by atoms with van der Waals surface area (Å²) in [7, 11) is 0. The molecule has 0 heterocycles. The molecule has 0 aromatic heterocycles. The Labute approximate surface area is 128 Å². The van der Waals surface area contributed by atoms with Crippen molar-refractivity contribution in [3.63, 3.8) is 0 Å². The number of hydrogen-bond donors (Lipinski definition) is 3. The van der Waals surface area contributed by atoms with Gasteiger partial charge in [0.15, 0.2) is 0 Å². The van der Waals surface area contributed by atoms with E-state index < -0.39 is 11.4 Å². The van der Waals surface area contributed by atoms with Gasteiger partial charge in [0.1, 0.15) is 11.5 Å². The first-order valence-electron chi connectivity index (χ1n) is 6.42. The van der Waals surface area contributed by atoms with Gasteiger partial charge in [-0.3, -0.25) is 4.79 Å². The maximum Gasteiger partial charge on any atom is 0.255 e. The minimum absolute atomic E-state index is 0.0834. The van der Waals surface area contributed by atoms with E-state index in [1.165, 1.54) is 12.1 Å². The summed E-state index contributed by atoms with van der Waals surface area (Å²) in [6.45, 7) is 1.81. The second kappa shape index (κ2) is 6.06. The number of alkyl halides is 1. The topological polar surface area (TPSA) is 69.6 Å². The third kappa shape index (κ3) is 3.28. The lowest BCUT2D eigenvalue weighted by atomic mass is 9.93. The summed E-state index contributed by atoms with van der Waals surface area (Å²) in [5, 5.41) is 21.8. The zero-order valence-electron chi connectivity index (χ0n) is 11.5. The summed E-state index contributed by atoms with van der Waals surface area (Å²) in [4.78, 5) is 12.3. The van der Waals surface area contributed by atoms with Gasteiger partial charge in [0.25, 0.3) is 5.91 Å². The lowest BCUT2D eigenvalue weighted by molar-refractivity contribution is 0.0910. The molecule has 1 amide bonds. The minimum atomic E-state index is -0.760. The first kappa shape index (κ1) is 15.2. The smallest absolute Gasteiger partial charge is 0.255 e. The fourth-order valence-electron chi connectivity index (χ4n) is 2.02. The van der Waals surface area contributed by atoms with Crippen LogP contribution < -0.4 is 5.32 Å². The van der Waals surface area contributed by atoms with Gasteiger partial charge < -0.3 is 15.5 Å². The van der Waals surface area contributed by atoms with Crippen LogP contribution in [-0.2, 0) is 5.54 Å². The molecule has 0 fully saturated rings. The number of rotatable bonds is 4. The Morgan fingerprint density at radius 3 is 2.43 bits per heavy atom. The largest absolute Gasteiger partial charge is 0.508 e. The van der Waals surface area contributed by atoms with Crippen LogP contribution in [0.25, 0.3) is 0 Å². The highest BCUT2D eigenvalue weighted by molar-refractivity contribution is 6.19. The van der Waals surface area contributed by atoms with Gasteiger partial charge in [0, 0.05) is 11.9 Å². The molecule has 3 N–H and O–H groups in total. The fourth-order valence-corrected chi connectivity index (χ4v) is 2.24. The summed E-state index contributed by atoms with van der Waals surface area (Å²) in [6, 6.07) is 13.2. The monoisotopic (exact) mass is 305 g/mol. The number of aromatic hydroxyl groups is 2. The maximum atomic E-state index is 12.3. The molecular weight excluding hydrogens is 290 g/mol. The quantitative estimate of drug-likeness (QED) is 0.761. The molecule has 1 unspecified atom stereocenters. The van der Waals surface area contributed by atoms with Gasteiger partial charge in [-0.05, 0) is 24.6 Å².